The van der Waals surface area contributed by atoms with Gasteiger partial charge in [-0.2, -0.15) is 13.2 Å². The lowest BCUT2D eigenvalue weighted by Crippen LogP contribution is -2.10. The van der Waals surface area contributed by atoms with Crippen molar-refractivity contribution in [1.29, 1.82) is 0 Å². The van der Waals surface area contributed by atoms with Gasteiger partial charge in [-0.1, -0.05) is 12.1 Å². The first kappa shape index (κ1) is 14.4. The van der Waals surface area contributed by atoms with Crippen LogP contribution in [0.4, 0.5) is 13.2 Å². The van der Waals surface area contributed by atoms with E-state index in [2.05, 4.69) is 10.2 Å². The van der Waals surface area contributed by atoms with E-state index in [1.165, 1.54) is 12.3 Å². The fourth-order valence-corrected chi connectivity index (χ4v) is 2.17. The smallest absolute Gasteiger partial charge is 0.452 e. The topological polar surface area (TPSA) is 39.4 Å². The summed E-state index contributed by atoms with van der Waals surface area (Å²) in [6.45, 7) is 2.44. The molecular weight excluding hydrogens is 295 g/mol. The molecule has 0 aliphatic carbocycles. The number of aromatic nitrogens is 3. The number of ether oxygens (including phenoxy) is 1. The summed E-state index contributed by atoms with van der Waals surface area (Å²) in [6, 6.07) is 10.4. The number of rotatable bonds is 3. The van der Waals surface area contributed by atoms with Gasteiger partial charge in [-0.05, 0) is 42.3 Å². The molecule has 0 atom stereocenters. The molecule has 0 fully saturated rings. The number of benzene rings is 1. The molecule has 3 rings (SSSR count). The van der Waals surface area contributed by atoms with Crippen molar-refractivity contribution in [3.05, 3.63) is 48.4 Å². The second-order valence-electron chi connectivity index (χ2n) is 4.62. The largest absolute Gasteiger partial charge is 0.494 e. The highest BCUT2D eigenvalue weighted by molar-refractivity contribution is 5.65. The van der Waals surface area contributed by atoms with E-state index in [1.807, 2.05) is 6.92 Å². The minimum atomic E-state index is -4.54. The van der Waals surface area contributed by atoms with Crippen LogP contribution in [0, 0.1) is 0 Å². The number of halogens is 3. The molecule has 0 amide bonds. The van der Waals surface area contributed by atoms with E-state index in [-0.39, 0.29) is 5.65 Å². The van der Waals surface area contributed by atoms with Gasteiger partial charge in [0, 0.05) is 6.20 Å². The lowest BCUT2D eigenvalue weighted by Gasteiger charge is -2.07. The second kappa shape index (κ2) is 5.32. The lowest BCUT2D eigenvalue weighted by atomic mass is 10.1. The number of alkyl halides is 3. The first-order valence-electron chi connectivity index (χ1n) is 6.64. The third-order valence-electron chi connectivity index (χ3n) is 3.15. The van der Waals surface area contributed by atoms with Crippen LogP contribution in [0.1, 0.15) is 12.7 Å². The normalized spacial score (nSPS) is 11.8. The van der Waals surface area contributed by atoms with E-state index in [4.69, 9.17) is 4.74 Å². The van der Waals surface area contributed by atoms with Crippen molar-refractivity contribution in [2.75, 3.05) is 6.61 Å². The highest BCUT2D eigenvalue weighted by Gasteiger charge is 2.36. The van der Waals surface area contributed by atoms with Crippen LogP contribution >= 0.6 is 0 Å². The van der Waals surface area contributed by atoms with Gasteiger partial charge in [-0.25, -0.2) is 0 Å². The van der Waals surface area contributed by atoms with Gasteiger partial charge in [0.05, 0.1) is 6.61 Å². The van der Waals surface area contributed by atoms with Crippen LogP contribution < -0.4 is 4.74 Å². The summed E-state index contributed by atoms with van der Waals surface area (Å²) >= 11 is 0. The predicted octanol–water partition coefficient (Wildman–Crippen LogP) is 3.81. The Bertz CT molecular complexity index is 794. The molecule has 0 saturated heterocycles. The molecule has 114 valence electrons. The Kier molecular flexibility index (Phi) is 3.48. The van der Waals surface area contributed by atoms with Gasteiger partial charge in [-0.3, -0.25) is 4.40 Å². The van der Waals surface area contributed by atoms with Gasteiger partial charge >= 0.3 is 6.18 Å². The van der Waals surface area contributed by atoms with Crippen molar-refractivity contribution in [3.8, 4) is 16.9 Å². The van der Waals surface area contributed by atoms with Crippen LogP contribution in [0.15, 0.2) is 42.6 Å². The number of fused-ring (bicyclic) bond motifs is 1. The average molecular weight is 307 g/mol. The molecule has 3 aromatic rings. The quantitative estimate of drug-likeness (QED) is 0.738. The zero-order valence-electron chi connectivity index (χ0n) is 11.6. The Morgan fingerprint density at radius 1 is 1.00 bits per heavy atom. The van der Waals surface area contributed by atoms with E-state index >= 15 is 0 Å². The van der Waals surface area contributed by atoms with Crippen molar-refractivity contribution < 1.29 is 17.9 Å². The monoisotopic (exact) mass is 307 g/mol. The second-order valence-corrected chi connectivity index (χ2v) is 4.62. The van der Waals surface area contributed by atoms with E-state index < -0.39 is 12.0 Å². The Balaban J connectivity index is 2.04. The van der Waals surface area contributed by atoms with Crippen LogP contribution in [0.25, 0.3) is 16.8 Å². The molecule has 0 aliphatic heterocycles. The Hall–Kier alpha value is -2.57. The molecule has 7 heteroatoms. The molecule has 1 aromatic carbocycles. The minimum Gasteiger partial charge on any atom is -0.494 e. The third kappa shape index (κ3) is 2.61. The van der Waals surface area contributed by atoms with Crippen LogP contribution in [0.2, 0.25) is 0 Å². The summed E-state index contributed by atoms with van der Waals surface area (Å²) in [5, 5.41) is 6.74. The number of nitrogens with zero attached hydrogens (tertiary/aromatic N) is 3. The summed E-state index contributed by atoms with van der Waals surface area (Å²) in [5.74, 6) is -0.317. The standard InChI is InChI=1S/C15H12F3N3O/c1-2-22-12-6-3-10(4-7-12)11-5-8-13-19-20-14(15(16,17)18)21(13)9-11/h3-9H,2H2,1H3. The van der Waals surface area contributed by atoms with E-state index in [9.17, 15) is 13.2 Å². The van der Waals surface area contributed by atoms with Crippen LogP contribution in [-0.4, -0.2) is 21.2 Å². The van der Waals surface area contributed by atoms with Crippen LogP contribution in [0.3, 0.4) is 0 Å². The van der Waals surface area contributed by atoms with Gasteiger partial charge in [0.1, 0.15) is 5.75 Å². The summed E-state index contributed by atoms with van der Waals surface area (Å²) < 4.78 is 44.9. The highest BCUT2D eigenvalue weighted by atomic mass is 19.4. The maximum atomic E-state index is 12.9. The molecule has 2 heterocycles. The summed E-state index contributed by atoms with van der Waals surface area (Å²) in [5.41, 5.74) is 1.58. The average Bonchev–Trinajstić information content (AvgIpc) is 2.91. The molecular formula is C15H12F3N3O. The van der Waals surface area contributed by atoms with Gasteiger partial charge in [0.25, 0.3) is 0 Å². The molecule has 0 bridgehead atoms. The van der Waals surface area contributed by atoms with Gasteiger partial charge in [0.15, 0.2) is 5.65 Å². The molecule has 0 aliphatic rings. The van der Waals surface area contributed by atoms with Gasteiger partial charge in [-0.15, -0.1) is 10.2 Å². The van der Waals surface area contributed by atoms with Crippen molar-refractivity contribution in [2.24, 2.45) is 0 Å². The zero-order valence-corrected chi connectivity index (χ0v) is 11.6. The maximum Gasteiger partial charge on any atom is 0.452 e. The molecule has 4 nitrogen and oxygen atoms in total. The lowest BCUT2D eigenvalue weighted by molar-refractivity contribution is -0.145. The van der Waals surface area contributed by atoms with E-state index in [1.54, 1.807) is 30.3 Å². The SMILES string of the molecule is CCOc1ccc(-c2ccc3nnc(C(F)(F)F)n3c2)cc1. The Morgan fingerprint density at radius 2 is 1.68 bits per heavy atom. The van der Waals surface area contributed by atoms with Gasteiger partial charge in [0.2, 0.25) is 5.82 Å². The fourth-order valence-electron chi connectivity index (χ4n) is 2.17. The first-order chi connectivity index (χ1) is 10.5. The minimum absolute atomic E-state index is 0.155. The third-order valence-corrected chi connectivity index (χ3v) is 3.15. The van der Waals surface area contributed by atoms with Gasteiger partial charge < -0.3 is 4.74 Å². The summed E-state index contributed by atoms with van der Waals surface area (Å²) in [7, 11) is 0. The van der Waals surface area contributed by atoms with Crippen molar-refractivity contribution >= 4 is 5.65 Å². The van der Waals surface area contributed by atoms with E-state index in [0.29, 0.717) is 17.9 Å². The van der Waals surface area contributed by atoms with Crippen LogP contribution in [0.5, 0.6) is 5.75 Å². The summed E-state index contributed by atoms with van der Waals surface area (Å²) in [6.07, 6.45) is -3.16. The van der Waals surface area contributed by atoms with Crippen molar-refractivity contribution in [1.82, 2.24) is 14.6 Å². The maximum absolute atomic E-state index is 12.9. The molecule has 0 saturated carbocycles. The number of hydrogen-bond donors (Lipinski definition) is 0. The summed E-state index contributed by atoms with van der Waals surface area (Å²) in [4.78, 5) is 0. The molecule has 0 N–H and O–H groups in total. The first-order valence-corrected chi connectivity index (χ1v) is 6.64. The fraction of sp³-hybridized carbons (Fsp3) is 0.200. The van der Waals surface area contributed by atoms with Crippen molar-refractivity contribution in [2.45, 2.75) is 13.1 Å². The molecule has 0 spiro atoms. The highest BCUT2D eigenvalue weighted by Crippen LogP contribution is 2.29. The number of pyridine rings is 1. The molecule has 22 heavy (non-hydrogen) atoms. The zero-order chi connectivity index (χ0) is 15.7. The van der Waals surface area contributed by atoms with Crippen LogP contribution in [-0.2, 0) is 6.18 Å². The van der Waals surface area contributed by atoms with E-state index in [0.717, 1.165) is 9.96 Å². The molecule has 0 unspecified atom stereocenters. The Labute approximate surface area is 124 Å². The molecule has 0 radical (unpaired) electrons. The molecule has 2 aromatic heterocycles. The van der Waals surface area contributed by atoms with Crippen molar-refractivity contribution in [3.63, 3.8) is 0 Å². The predicted molar refractivity (Wildman–Crippen MR) is 74.6 cm³/mol. The Morgan fingerprint density at radius 3 is 2.32 bits per heavy atom. The number of hydrogen-bond acceptors (Lipinski definition) is 3.